The molecule has 2 aromatic rings. The van der Waals surface area contributed by atoms with Gasteiger partial charge in [0.15, 0.2) is 13.1 Å². The maximum absolute atomic E-state index is 12.3. The minimum absolute atomic E-state index is 0.0156. The van der Waals surface area contributed by atoms with Crippen LogP contribution in [0.15, 0.2) is 42.5 Å². The van der Waals surface area contributed by atoms with E-state index in [9.17, 15) is 4.79 Å². The topological polar surface area (TPSA) is 26.3 Å². The Labute approximate surface area is 104 Å². The summed E-state index contributed by atoms with van der Waals surface area (Å²) in [6.07, 6.45) is 0. The van der Waals surface area contributed by atoms with E-state index in [2.05, 4.69) is 0 Å². The van der Waals surface area contributed by atoms with Gasteiger partial charge >= 0.3 is 0 Å². The molecule has 81 valence electrons. The summed E-state index contributed by atoms with van der Waals surface area (Å²) >= 11 is 0. The van der Waals surface area contributed by atoms with E-state index in [1.807, 2.05) is 37.6 Å². The molecule has 1 unspecified atom stereocenters. The van der Waals surface area contributed by atoms with E-state index in [4.69, 9.17) is 5.80 Å². The van der Waals surface area contributed by atoms with E-state index in [0.717, 1.165) is 16.5 Å². The lowest BCUT2D eigenvalue weighted by molar-refractivity contribution is 0.104. The van der Waals surface area contributed by atoms with E-state index < -0.39 is 0 Å². The molecule has 1 heterocycles. The summed E-state index contributed by atoms with van der Waals surface area (Å²) in [5.74, 6) is 0.588. The minimum atomic E-state index is -0.368. The first kappa shape index (κ1) is 9.44. The zero-order valence-corrected chi connectivity index (χ0v) is 9.94. The molecule has 1 radical (unpaired) electrons. The van der Waals surface area contributed by atoms with Crippen LogP contribution >= 0.6 is 9.41 Å². The summed E-state index contributed by atoms with van der Waals surface area (Å²) in [6, 6.07) is 12.9. The highest BCUT2D eigenvalue weighted by molar-refractivity contribution is 7.10. The second kappa shape index (κ2) is 4.01. The SMILES string of the molecule is [3H]POc1ccc2c(c1)C(=O)c1ccccc1[B]2. The van der Waals surface area contributed by atoms with Gasteiger partial charge in [-0.3, -0.25) is 4.79 Å². The highest BCUT2D eigenvalue weighted by Gasteiger charge is 2.23. The third kappa shape index (κ3) is 1.67. The van der Waals surface area contributed by atoms with Crippen LogP contribution in [0.1, 0.15) is 15.9 Å². The molecule has 2 aromatic carbocycles. The van der Waals surface area contributed by atoms with Gasteiger partial charge in [-0.05, 0) is 12.1 Å². The molecule has 0 spiro atoms. The molecule has 0 fully saturated rings. The molecule has 2 nitrogen and oxygen atoms in total. The largest absolute Gasteiger partial charge is 0.480 e. The number of carbonyl (C=O) groups excluding carboxylic acids is 1. The molecule has 0 N–H and O–H groups in total. The zero-order valence-electron chi connectivity index (χ0n) is 9.94. The fourth-order valence-electron chi connectivity index (χ4n) is 2.06. The molecule has 1 aliphatic rings. The summed E-state index contributed by atoms with van der Waals surface area (Å²) in [5.41, 5.74) is 3.21. The predicted molar refractivity (Wildman–Crippen MR) is 71.7 cm³/mol. The number of benzene rings is 2. The second-order valence-corrected chi connectivity index (χ2v) is 4.12. The normalized spacial score (nSPS) is 13.9. The van der Waals surface area contributed by atoms with Crippen molar-refractivity contribution in [2.24, 2.45) is 0 Å². The van der Waals surface area contributed by atoms with Gasteiger partial charge in [-0.1, -0.05) is 41.3 Å². The van der Waals surface area contributed by atoms with Crippen molar-refractivity contribution in [1.29, 1.82) is 1.28 Å². The Kier molecular flexibility index (Phi) is 2.23. The predicted octanol–water partition coefficient (Wildman–Crippen LogP) is 1.05. The van der Waals surface area contributed by atoms with Crippen LogP contribution in [-0.2, 0) is 0 Å². The summed E-state index contributed by atoms with van der Waals surface area (Å²) in [4.78, 5) is 12.3. The molecule has 0 bridgehead atoms. The first-order chi connectivity index (χ1) is 8.79. The smallest absolute Gasteiger partial charge is 0.193 e. The molecule has 0 aromatic heterocycles. The van der Waals surface area contributed by atoms with Crippen LogP contribution < -0.4 is 15.4 Å². The molecule has 0 saturated heterocycles. The number of hydrogen-bond donors (Lipinski definition) is 0. The summed E-state index contributed by atoms with van der Waals surface area (Å²) < 4.78 is 12.2. The number of hydrogen-bond acceptors (Lipinski definition) is 2. The molecule has 0 amide bonds. The van der Waals surface area contributed by atoms with E-state index in [1.54, 1.807) is 12.1 Å². The molecule has 1 atom stereocenters. The Morgan fingerprint density at radius 3 is 2.82 bits per heavy atom. The minimum Gasteiger partial charge on any atom is -0.480 e. The third-order valence-electron chi connectivity index (χ3n) is 2.90. The third-order valence-corrected chi connectivity index (χ3v) is 3.14. The summed E-state index contributed by atoms with van der Waals surface area (Å²) in [7, 11) is 1.63. The van der Waals surface area contributed by atoms with Crippen molar-refractivity contribution in [2.45, 2.75) is 0 Å². The lowest BCUT2D eigenvalue weighted by atomic mass is 9.56. The van der Waals surface area contributed by atoms with Crippen molar-refractivity contribution < 1.29 is 9.32 Å². The van der Waals surface area contributed by atoms with Crippen LogP contribution in [0.3, 0.4) is 0 Å². The van der Waals surface area contributed by atoms with E-state index in [0.29, 0.717) is 11.3 Å². The molecule has 0 saturated carbocycles. The lowest BCUT2D eigenvalue weighted by Gasteiger charge is -2.18. The zero-order chi connectivity index (χ0) is 12.5. The van der Waals surface area contributed by atoms with E-state index in [1.165, 1.54) is 0 Å². The molecule has 3 rings (SSSR count). The van der Waals surface area contributed by atoms with Gasteiger partial charge in [0.1, 0.15) is 5.75 Å². The van der Waals surface area contributed by atoms with Crippen LogP contribution in [0.5, 0.6) is 5.75 Å². The van der Waals surface area contributed by atoms with E-state index in [-0.39, 0.29) is 15.2 Å². The van der Waals surface area contributed by atoms with Crippen LogP contribution in [-0.4, -0.2) is 14.3 Å². The van der Waals surface area contributed by atoms with Gasteiger partial charge in [-0.2, -0.15) is 0 Å². The first-order valence-electron chi connectivity index (χ1n) is 5.76. The van der Waals surface area contributed by atoms with Crippen molar-refractivity contribution >= 4 is 33.4 Å². The van der Waals surface area contributed by atoms with Crippen LogP contribution in [0.4, 0.5) is 0 Å². The second-order valence-electron chi connectivity index (χ2n) is 3.91. The average Bonchev–Trinajstić information content (AvgIpc) is 2.40. The highest BCUT2D eigenvalue weighted by Crippen LogP contribution is 2.18. The number of carbonyl (C=O) groups is 1. The van der Waals surface area contributed by atoms with Gasteiger partial charge in [0.2, 0.25) is 0 Å². The Balaban J connectivity index is 2.08. The molecule has 0 aliphatic carbocycles. The maximum atomic E-state index is 12.3. The van der Waals surface area contributed by atoms with Crippen molar-refractivity contribution in [3.05, 3.63) is 53.6 Å². The first-order valence-corrected chi connectivity index (χ1v) is 5.66. The Morgan fingerprint density at radius 1 is 1.12 bits per heavy atom. The summed E-state index contributed by atoms with van der Waals surface area (Å²) in [6.45, 7) is 0. The van der Waals surface area contributed by atoms with Gasteiger partial charge < -0.3 is 4.52 Å². The van der Waals surface area contributed by atoms with Gasteiger partial charge in [-0.25, -0.2) is 0 Å². The van der Waals surface area contributed by atoms with Gasteiger partial charge in [0, 0.05) is 11.1 Å². The quantitative estimate of drug-likeness (QED) is 0.495. The van der Waals surface area contributed by atoms with Crippen molar-refractivity contribution in [2.75, 3.05) is 0 Å². The highest BCUT2D eigenvalue weighted by atomic mass is 31.0. The molecular weight excluding hydrogens is 230 g/mol. The monoisotopic (exact) mass is 241 g/mol. The number of ketones is 1. The molecule has 17 heavy (non-hydrogen) atoms. The van der Waals surface area contributed by atoms with Crippen molar-refractivity contribution in [1.82, 2.24) is 0 Å². The molecule has 4 heteroatoms. The van der Waals surface area contributed by atoms with Gasteiger partial charge in [0.05, 0.1) is 10.7 Å². The Hall–Kier alpha value is -1.60. The molecule has 1 aliphatic heterocycles. The summed E-state index contributed by atoms with van der Waals surface area (Å²) in [5, 5.41) is 0. The van der Waals surface area contributed by atoms with Crippen LogP contribution in [0.2, 0.25) is 0 Å². The fraction of sp³-hybridized carbons (Fsp3) is 0. The standard InChI is InChI=1S/C13H9BO2P/c15-13-9-3-1-2-4-11(9)14-12-6-5-8(16-17)7-10(12)13/h1-7H,17H2/i17T. The Morgan fingerprint density at radius 2 is 1.94 bits per heavy atom. The van der Waals surface area contributed by atoms with Crippen molar-refractivity contribution in [3.63, 3.8) is 0 Å². The van der Waals surface area contributed by atoms with Gasteiger partial charge in [-0.15, -0.1) is 0 Å². The van der Waals surface area contributed by atoms with E-state index >= 15 is 0 Å². The number of rotatable bonds is 2. The van der Waals surface area contributed by atoms with Crippen molar-refractivity contribution in [3.8, 4) is 5.75 Å². The maximum Gasteiger partial charge on any atom is 0.193 e. The molecular formula is C13H9BO2P. The van der Waals surface area contributed by atoms with Crippen LogP contribution in [0.25, 0.3) is 0 Å². The van der Waals surface area contributed by atoms with Crippen LogP contribution in [0, 0.1) is 0 Å². The lowest BCUT2D eigenvalue weighted by Crippen LogP contribution is -2.40. The average molecular weight is 241 g/mol. The number of fused-ring (bicyclic) bond motifs is 2. The van der Waals surface area contributed by atoms with Gasteiger partial charge in [0.25, 0.3) is 0 Å². The fourth-order valence-corrected chi connectivity index (χ4v) is 2.19. The Bertz CT molecular complexity index is 630.